The van der Waals surface area contributed by atoms with Gasteiger partial charge in [-0.3, -0.25) is 4.98 Å². The largest absolute Gasteiger partial charge is 0.256 e. The van der Waals surface area contributed by atoms with Crippen LogP contribution < -0.4 is 0 Å². The topological polar surface area (TPSA) is 12.9 Å². The lowest BCUT2D eigenvalue weighted by molar-refractivity contribution is 1.26. The molecule has 15 heavy (non-hydrogen) atoms. The van der Waals surface area contributed by atoms with E-state index in [0.29, 0.717) is 5.88 Å². The minimum Gasteiger partial charge on any atom is -0.256 e. The average Bonchev–Trinajstić information content (AvgIpc) is 2.30. The van der Waals surface area contributed by atoms with Crippen LogP contribution in [0.15, 0.2) is 42.6 Å². The fourth-order valence-electron chi connectivity index (χ4n) is 1.54. The predicted octanol–water partition coefficient (Wildman–Crippen LogP) is 3.80. The third-order valence-corrected chi connectivity index (χ3v) is 2.70. The van der Waals surface area contributed by atoms with Crippen molar-refractivity contribution >= 4 is 11.6 Å². The molecule has 0 bridgehead atoms. The Labute approximate surface area is 94.7 Å². The summed E-state index contributed by atoms with van der Waals surface area (Å²) in [5, 5.41) is 0. The van der Waals surface area contributed by atoms with E-state index in [2.05, 4.69) is 30.1 Å². The zero-order chi connectivity index (χ0) is 10.7. The van der Waals surface area contributed by atoms with Crippen molar-refractivity contribution in [2.75, 3.05) is 0 Å². The van der Waals surface area contributed by atoms with Gasteiger partial charge in [0.05, 0.1) is 5.69 Å². The summed E-state index contributed by atoms with van der Waals surface area (Å²) in [6.45, 7) is 2.07. The monoisotopic (exact) mass is 217 g/mol. The van der Waals surface area contributed by atoms with Gasteiger partial charge in [0.1, 0.15) is 0 Å². The van der Waals surface area contributed by atoms with Crippen LogP contribution in [0.3, 0.4) is 0 Å². The maximum atomic E-state index is 5.74. The standard InChI is InChI=1S/C13H12ClN/c1-10-3-2-8-15-13(10)12-6-4-11(9-14)5-7-12/h2-8H,9H2,1H3. The van der Waals surface area contributed by atoms with E-state index < -0.39 is 0 Å². The Morgan fingerprint density at radius 2 is 1.87 bits per heavy atom. The molecular formula is C13H12ClN. The molecule has 0 spiro atoms. The van der Waals surface area contributed by atoms with Crippen LogP contribution in [0.5, 0.6) is 0 Å². The van der Waals surface area contributed by atoms with Crippen molar-refractivity contribution < 1.29 is 0 Å². The molecule has 1 nitrogen and oxygen atoms in total. The van der Waals surface area contributed by atoms with E-state index in [0.717, 1.165) is 16.8 Å². The van der Waals surface area contributed by atoms with Gasteiger partial charge in [0, 0.05) is 17.6 Å². The summed E-state index contributed by atoms with van der Waals surface area (Å²) in [6, 6.07) is 12.2. The van der Waals surface area contributed by atoms with E-state index in [1.165, 1.54) is 5.56 Å². The molecule has 0 amide bonds. The average molecular weight is 218 g/mol. The highest BCUT2D eigenvalue weighted by Gasteiger charge is 2.01. The van der Waals surface area contributed by atoms with Gasteiger partial charge in [-0.2, -0.15) is 0 Å². The van der Waals surface area contributed by atoms with E-state index in [-0.39, 0.29) is 0 Å². The van der Waals surface area contributed by atoms with Crippen LogP contribution in [0.2, 0.25) is 0 Å². The Hall–Kier alpha value is -1.34. The highest BCUT2D eigenvalue weighted by atomic mass is 35.5. The van der Waals surface area contributed by atoms with E-state index >= 15 is 0 Å². The van der Waals surface area contributed by atoms with Gasteiger partial charge < -0.3 is 0 Å². The van der Waals surface area contributed by atoms with Crippen molar-refractivity contribution in [2.45, 2.75) is 12.8 Å². The van der Waals surface area contributed by atoms with Gasteiger partial charge in [0.15, 0.2) is 0 Å². The lowest BCUT2D eigenvalue weighted by Gasteiger charge is -2.04. The van der Waals surface area contributed by atoms with Gasteiger partial charge in [-0.15, -0.1) is 11.6 Å². The third-order valence-electron chi connectivity index (χ3n) is 2.39. The first-order chi connectivity index (χ1) is 7.31. The zero-order valence-electron chi connectivity index (χ0n) is 8.57. The zero-order valence-corrected chi connectivity index (χ0v) is 9.33. The number of aromatic nitrogens is 1. The van der Waals surface area contributed by atoms with Crippen molar-refractivity contribution in [3.05, 3.63) is 53.7 Å². The number of pyridine rings is 1. The van der Waals surface area contributed by atoms with Crippen LogP contribution in [-0.4, -0.2) is 4.98 Å². The van der Waals surface area contributed by atoms with Crippen LogP contribution in [-0.2, 0) is 5.88 Å². The Balaban J connectivity index is 2.42. The second kappa shape index (κ2) is 4.45. The minimum absolute atomic E-state index is 0.557. The molecule has 1 heterocycles. The lowest BCUT2D eigenvalue weighted by atomic mass is 10.1. The fraction of sp³-hybridized carbons (Fsp3) is 0.154. The summed E-state index contributed by atoms with van der Waals surface area (Å²) in [7, 11) is 0. The van der Waals surface area contributed by atoms with E-state index in [1.807, 2.05) is 24.4 Å². The second-order valence-electron chi connectivity index (χ2n) is 3.50. The molecule has 2 rings (SSSR count). The normalized spacial score (nSPS) is 10.3. The van der Waals surface area contributed by atoms with Gasteiger partial charge in [-0.25, -0.2) is 0 Å². The molecule has 76 valence electrons. The number of hydrogen-bond acceptors (Lipinski definition) is 1. The van der Waals surface area contributed by atoms with Crippen LogP contribution in [0, 0.1) is 6.92 Å². The molecule has 2 heteroatoms. The van der Waals surface area contributed by atoms with Gasteiger partial charge in [-0.05, 0) is 24.1 Å². The Morgan fingerprint density at radius 3 is 2.47 bits per heavy atom. The Morgan fingerprint density at radius 1 is 1.13 bits per heavy atom. The summed E-state index contributed by atoms with van der Waals surface area (Å²) < 4.78 is 0. The molecule has 2 aromatic rings. The molecule has 1 aromatic carbocycles. The number of hydrogen-bond donors (Lipinski definition) is 0. The molecule has 0 N–H and O–H groups in total. The fourth-order valence-corrected chi connectivity index (χ4v) is 1.72. The number of alkyl halides is 1. The van der Waals surface area contributed by atoms with Crippen molar-refractivity contribution in [3.8, 4) is 11.3 Å². The van der Waals surface area contributed by atoms with Crippen LogP contribution in [0.1, 0.15) is 11.1 Å². The number of halogens is 1. The van der Waals surface area contributed by atoms with Crippen molar-refractivity contribution in [2.24, 2.45) is 0 Å². The molecule has 0 aliphatic heterocycles. The number of aryl methyl sites for hydroxylation is 1. The lowest BCUT2D eigenvalue weighted by Crippen LogP contribution is -1.87. The molecule has 0 saturated carbocycles. The first kappa shape index (κ1) is 10.2. The molecule has 0 atom stereocenters. The highest BCUT2D eigenvalue weighted by Crippen LogP contribution is 2.21. The van der Waals surface area contributed by atoms with Crippen LogP contribution in [0.25, 0.3) is 11.3 Å². The van der Waals surface area contributed by atoms with E-state index in [1.54, 1.807) is 0 Å². The van der Waals surface area contributed by atoms with E-state index in [9.17, 15) is 0 Å². The minimum atomic E-state index is 0.557. The van der Waals surface area contributed by atoms with Crippen LogP contribution in [0.4, 0.5) is 0 Å². The smallest absolute Gasteiger partial charge is 0.0731 e. The van der Waals surface area contributed by atoms with Crippen LogP contribution >= 0.6 is 11.6 Å². The maximum Gasteiger partial charge on any atom is 0.0731 e. The Bertz CT molecular complexity index is 448. The van der Waals surface area contributed by atoms with Gasteiger partial charge >= 0.3 is 0 Å². The molecule has 1 aromatic heterocycles. The van der Waals surface area contributed by atoms with Gasteiger partial charge in [0.25, 0.3) is 0 Å². The van der Waals surface area contributed by atoms with Crippen molar-refractivity contribution in [3.63, 3.8) is 0 Å². The van der Waals surface area contributed by atoms with Gasteiger partial charge in [0.2, 0.25) is 0 Å². The second-order valence-corrected chi connectivity index (χ2v) is 3.77. The quantitative estimate of drug-likeness (QED) is 0.698. The number of benzene rings is 1. The third kappa shape index (κ3) is 2.18. The molecule has 0 unspecified atom stereocenters. The van der Waals surface area contributed by atoms with E-state index in [4.69, 9.17) is 11.6 Å². The first-order valence-electron chi connectivity index (χ1n) is 4.88. The number of rotatable bonds is 2. The summed E-state index contributed by atoms with van der Waals surface area (Å²) in [5.74, 6) is 0.557. The molecule has 0 radical (unpaired) electrons. The van der Waals surface area contributed by atoms with Crippen molar-refractivity contribution in [1.82, 2.24) is 4.98 Å². The van der Waals surface area contributed by atoms with Crippen molar-refractivity contribution in [1.29, 1.82) is 0 Å². The SMILES string of the molecule is Cc1cccnc1-c1ccc(CCl)cc1. The summed E-state index contributed by atoms with van der Waals surface area (Å²) >= 11 is 5.74. The first-order valence-corrected chi connectivity index (χ1v) is 5.41. The summed E-state index contributed by atoms with van der Waals surface area (Å²) in [5.41, 5.74) is 4.51. The summed E-state index contributed by atoms with van der Waals surface area (Å²) in [6.07, 6.45) is 1.82. The van der Waals surface area contributed by atoms with Gasteiger partial charge in [-0.1, -0.05) is 30.3 Å². The molecule has 0 aliphatic rings. The summed E-state index contributed by atoms with van der Waals surface area (Å²) in [4.78, 5) is 4.37. The number of nitrogens with zero attached hydrogens (tertiary/aromatic N) is 1. The molecular weight excluding hydrogens is 206 g/mol. The maximum absolute atomic E-state index is 5.74. The molecule has 0 saturated heterocycles. The predicted molar refractivity (Wildman–Crippen MR) is 64.0 cm³/mol. The molecule has 0 aliphatic carbocycles. The Kier molecular flexibility index (Phi) is 3.02. The molecule has 0 fully saturated rings. The highest BCUT2D eigenvalue weighted by molar-refractivity contribution is 6.17.